The first-order valence-electron chi connectivity index (χ1n) is 7.65. The summed E-state index contributed by atoms with van der Waals surface area (Å²) >= 11 is 0. The lowest BCUT2D eigenvalue weighted by atomic mass is 9.71. The first kappa shape index (κ1) is 12.0. The summed E-state index contributed by atoms with van der Waals surface area (Å²) < 4.78 is 5.64. The molecule has 1 N–H and O–H groups in total. The lowest BCUT2D eigenvalue weighted by Crippen LogP contribution is -2.45. The fraction of sp³-hybridized carbons (Fsp3) is 1.00. The molecule has 0 aromatic heterocycles. The van der Waals surface area contributed by atoms with Crippen LogP contribution in [0.3, 0.4) is 0 Å². The maximum absolute atomic E-state index is 5.64. The van der Waals surface area contributed by atoms with E-state index in [0.29, 0.717) is 12.1 Å². The van der Waals surface area contributed by atoms with Gasteiger partial charge in [-0.3, -0.25) is 0 Å². The highest BCUT2D eigenvalue weighted by atomic mass is 16.5. The fourth-order valence-electron chi connectivity index (χ4n) is 4.28. The van der Waals surface area contributed by atoms with Gasteiger partial charge in [-0.25, -0.2) is 0 Å². The molecule has 2 unspecified atom stereocenters. The van der Waals surface area contributed by atoms with Crippen LogP contribution in [0.25, 0.3) is 0 Å². The maximum atomic E-state index is 5.64. The fourth-order valence-corrected chi connectivity index (χ4v) is 4.28. The highest BCUT2D eigenvalue weighted by molar-refractivity contribution is 4.93. The molecule has 0 aromatic carbocycles. The van der Waals surface area contributed by atoms with Gasteiger partial charge in [0.2, 0.25) is 0 Å². The van der Waals surface area contributed by atoms with Gasteiger partial charge >= 0.3 is 0 Å². The second kappa shape index (κ2) is 4.89. The van der Waals surface area contributed by atoms with Crippen LogP contribution in [0.1, 0.15) is 64.7 Å². The van der Waals surface area contributed by atoms with E-state index in [1.165, 1.54) is 57.8 Å². The number of rotatable bonds is 2. The van der Waals surface area contributed by atoms with Crippen LogP contribution in [0.4, 0.5) is 0 Å². The summed E-state index contributed by atoms with van der Waals surface area (Å²) in [6.07, 6.45) is 13.4. The summed E-state index contributed by atoms with van der Waals surface area (Å²) in [5, 5.41) is 3.85. The van der Waals surface area contributed by atoms with E-state index in [1.807, 2.05) is 0 Å². The number of hydrogen-bond acceptors (Lipinski definition) is 2. The summed E-state index contributed by atoms with van der Waals surface area (Å²) in [5.41, 5.74) is 0.774. The third-order valence-corrected chi connectivity index (χ3v) is 5.54. The van der Waals surface area contributed by atoms with Gasteiger partial charge in [-0.2, -0.15) is 0 Å². The minimum Gasteiger partial charge on any atom is -0.377 e. The largest absolute Gasteiger partial charge is 0.377 e. The van der Waals surface area contributed by atoms with E-state index >= 15 is 0 Å². The Kier molecular flexibility index (Phi) is 3.45. The van der Waals surface area contributed by atoms with Crippen molar-refractivity contribution in [2.24, 2.45) is 5.41 Å². The molecular formula is C15H27NO. The molecule has 2 heteroatoms. The van der Waals surface area contributed by atoms with Gasteiger partial charge in [-0.15, -0.1) is 0 Å². The Morgan fingerprint density at radius 3 is 2.29 bits per heavy atom. The molecular weight excluding hydrogens is 210 g/mol. The van der Waals surface area contributed by atoms with Crippen LogP contribution in [-0.2, 0) is 4.74 Å². The lowest BCUT2D eigenvalue weighted by Gasteiger charge is -2.38. The van der Waals surface area contributed by atoms with E-state index in [1.54, 1.807) is 0 Å². The van der Waals surface area contributed by atoms with Crippen LogP contribution >= 0.6 is 0 Å². The van der Waals surface area contributed by atoms with Crippen LogP contribution in [0, 0.1) is 5.41 Å². The van der Waals surface area contributed by atoms with Gasteiger partial charge in [0, 0.05) is 18.7 Å². The van der Waals surface area contributed by atoms with Gasteiger partial charge in [-0.05, 0) is 57.3 Å². The molecule has 1 spiro atoms. The predicted octanol–water partition coefficient (Wildman–Crippen LogP) is 3.26. The van der Waals surface area contributed by atoms with Gasteiger partial charge in [-0.1, -0.05) is 12.8 Å². The van der Waals surface area contributed by atoms with Crippen LogP contribution in [0.15, 0.2) is 0 Å². The van der Waals surface area contributed by atoms with Gasteiger partial charge in [0.15, 0.2) is 0 Å². The van der Waals surface area contributed by atoms with Crippen molar-refractivity contribution < 1.29 is 4.74 Å². The Morgan fingerprint density at radius 2 is 1.71 bits per heavy atom. The highest BCUT2D eigenvalue weighted by Crippen LogP contribution is 2.48. The van der Waals surface area contributed by atoms with Gasteiger partial charge in [0.1, 0.15) is 0 Å². The molecule has 2 aliphatic carbocycles. The van der Waals surface area contributed by atoms with E-state index in [0.717, 1.165) is 18.1 Å². The maximum Gasteiger partial charge on any atom is 0.0700 e. The highest BCUT2D eigenvalue weighted by Gasteiger charge is 2.38. The summed E-state index contributed by atoms with van der Waals surface area (Å²) in [4.78, 5) is 0. The zero-order valence-corrected chi connectivity index (χ0v) is 11.2. The molecule has 0 radical (unpaired) electrons. The molecule has 2 saturated carbocycles. The third kappa shape index (κ3) is 2.53. The van der Waals surface area contributed by atoms with Crippen molar-refractivity contribution in [2.45, 2.75) is 82.9 Å². The van der Waals surface area contributed by atoms with E-state index < -0.39 is 0 Å². The van der Waals surface area contributed by atoms with E-state index in [9.17, 15) is 0 Å². The second-order valence-corrected chi connectivity index (χ2v) is 6.62. The molecule has 1 heterocycles. The molecule has 98 valence electrons. The standard InChI is InChI=1S/C15H27NO/c1-12-14(6-11-17-12)16-13-4-9-15(10-5-13)7-2-3-8-15/h12-14,16H,2-11H2,1H3. The van der Waals surface area contributed by atoms with Gasteiger partial charge < -0.3 is 10.1 Å². The second-order valence-electron chi connectivity index (χ2n) is 6.62. The number of hydrogen-bond donors (Lipinski definition) is 1. The van der Waals surface area contributed by atoms with Crippen LogP contribution in [0.5, 0.6) is 0 Å². The SMILES string of the molecule is CC1OCCC1NC1CCC2(CCCC2)CC1. The third-order valence-electron chi connectivity index (χ3n) is 5.54. The first-order chi connectivity index (χ1) is 8.27. The van der Waals surface area contributed by atoms with Gasteiger partial charge in [0.05, 0.1) is 6.10 Å². The molecule has 0 aromatic rings. The molecule has 3 aliphatic rings. The van der Waals surface area contributed by atoms with Crippen molar-refractivity contribution >= 4 is 0 Å². The van der Waals surface area contributed by atoms with Crippen molar-refractivity contribution in [1.82, 2.24) is 5.32 Å². The number of ether oxygens (including phenoxy) is 1. The molecule has 3 fully saturated rings. The van der Waals surface area contributed by atoms with Crippen molar-refractivity contribution in [3.05, 3.63) is 0 Å². The quantitative estimate of drug-likeness (QED) is 0.796. The first-order valence-corrected chi connectivity index (χ1v) is 7.65. The monoisotopic (exact) mass is 237 g/mol. The smallest absolute Gasteiger partial charge is 0.0700 e. The molecule has 2 nitrogen and oxygen atoms in total. The molecule has 1 saturated heterocycles. The molecule has 17 heavy (non-hydrogen) atoms. The van der Waals surface area contributed by atoms with E-state index in [4.69, 9.17) is 4.74 Å². The summed E-state index contributed by atoms with van der Waals surface area (Å²) in [6, 6.07) is 1.40. The minimum atomic E-state index is 0.428. The topological polar surface area (TPSA) is 21.3 Å². The van der Waals surface area contributed by atoms with Crippen molar-refractivity contribution in [2.75, 3.05) is 6.61 Å². The molecule has 0 bridgehead atoms. The normalized spacial score (nSPS) is 37.9. The predicted molar refractivity (Wildman–Crippen MR) is 70.1 cm³/mol. The van der Waals surface area contributed by atoms with Crippen molar-refractivity contribution in [3.8, 4) is 0 Å². The van der Waals surface area contributed by atoms with Crippen LogP contribution in [0.2, 0.25) is 0 Å². The Bertz CT molecular complexity index is 250. The summed E-state index contributed by atoms with van der Waals surface area (Å²) in [5.74, 6) is 0. The Balaban J connectivity index is 1.48. The lowest BCUT2D eigenvalue weighted by molar-refractivity contribution is 0.103. The molecule has 2 atom stereocenters. The average Bonchev–Trinajstić information content (AvgIpc) is 2.94. The minimum absolute atomic E-state index is 0.428. The Labute approximate surface area is 105 Å². The Hall–Kier alpha value is -0.0800. The van der Waals surface area contributed by atoms with Crippen molar-refractivity contribution in [3.63, 3.8) is 0 Å². The number of nitrogens with one attached hydrogen (secondary N) is 1. The van der Waals surface area contributed by atoms with Crippen LogP contribution < -0.4 is 5.32 Å². The van der Waals surface area contributed by atoms with Crippen molar-refractivity contribution in [1.29, 1.82) is 0 Å². The average molecular weight is 237 g/mol. The van der Waals surface area contributed by atoms with Crippen LogP contribution in [-0.4, -0.2) is 24.8 Å². The zero-order chi connectivity index (χ0) is 11.7. The van der Waals surface area contributed by atoms with E-state index in [-0.39, 0.29) is 0 Å². The van der Waals surface area contributed by atoms with E-state index in [2.05, 4.69) is 12.2 Å². The molecule has 3 rings (SSSR count). The molecule has 1 aliphatic heterocycles. The van der Waals surface area contributed by atoms with Gasteiger partial charge in [0.25, 0.3) is 0 Å². The zero-order valence-electron chi connectivity index (χ0n) is 11.2. The molecule has 0 amide bonds. The summed E-state index contributed by atoms with van der Waals surface area (Å²) in [6.45, 7) is 3.17. The summed E-state index contributed by atoms with van der Waals surface area (Å²) in [7, 11) is 0. The Morgan fingerprint density at radius 1 is 1.00 bits per heavy atom.